The van der Waals surface area contributed by atoms with Crippen molar-refractivity contribution in [2.75, 3.05) is 37.6 Å². The lowest BCUT2D eigenvalue weighted by Gasteiger charge is -2.37. The number of aliphatic hydroxyl groups is 1. The zero-order valence-electron chi connectivity index (χ0n) is 12.2. The average molecular weight is 346 g/mol. The van der Waals surface area contributed by atoms with Crippen molar-refractivity contribution >= 4 is 35.6 Å². The van der Waals surface area contributed by atoms with Gasteiger partial charge in [0.05, 0.1) is 12.1 Å². The van der Waals surface area contributed by atoms with Crippen LogP contribution in [0.2, 0.25) is 5.02 Å². The standard InChI is InChI=1S/C15H20ClN3O2.ClH/c16-11-2-1-3-12(8-11)18-4-6-19(7-5-18)15(21)14-9-13(20)10-17-14;/h1-3,8,13-14,17,20H,4-7,9-10H2;1H. The number of carbonyl (C=O) groups excluding carboxylic acids is 1. The van der Waals surface area contributed by atoms with Crippen molar-refractivity contribution in [1.82, 2.24) is 10.2 Å². The fourth-order valence-electron chi connectivity index (χ4n) is 2.98. The Morgan fingerprint density at radius 3 is 2.59 bits per heavy atom. The number of anilines is 1. The number of halogens is 2. The van der Waals surface area contributed by atoms with E-state index in [9.17, 15) is 9.90 Å². The molecule has 2 aliphatic rings. The van der Waals surface area contributed by atoms with Gasteiger partial charge in [0.15, 0.2) is 0 Å². The first-order valence-electron chi connectivity index (χ1n) is 7.34. The zero-order valence-corrected chi connectivity index (χ0v) is 13.8. The highest BCUT2D eigenvalue weighted by atomic mass is 35.5. The number of hydrogen-bond donors (Lipinski definition) is 2. The molecule has 0 radical (unpaired) electrons. The van der Waals surface area contributed by atoms with E-state index in [0.717, 1.165) is 23.8 Å². The lowest BCUT2D eigenvalue weighted by atomic mass is 10.1. The van der Waals surface area contributed by atoms with Gasteiger partial charge in [-0.25, -0.2) is 0 Å². The number of nitrogens with one attached hydrogen (secondary N) is 1. The van der Waals surface area contributed by atoms with Crippen molar-refractivity contribution in [3.63, 3.8) is 0 Å². The summed E-state index contributed by atoms with van der Waals surface area (Å²) in [6.45, 7) is 3.54. The molecule has 0 bridgehead atoms. The topological polar surface area (TPSA) is 55.8 Å². The number of amides is 1. The predicted molar refractivity (Wildman–Crippen MR) is 89.9 cm³/mol. The smallest absolute Gasteiger partial charge is 0.239 e. The molecule has 2 atom stereocenters. The van der Waals surface area contributed by atoms with Crippen LogP contribution in [0.3, 0.4) is 0 Å². The lowest BCUT2D eigenvalue weighted by Crippen LogP contribution is -2.53. The highest BCUT2D eigenvalue weighted by Crippen LogP contribution is 2.21. The molecule has 0 spiro atoms. The van der Waals surface area contributed by atoms with E-state index in [1.165, 1.54) is 0 Å². The molecule has 22 heavy (non-hydrogen) atoms. The van der Waals surface area contributed by atoms with Crippen LogP contribution in [-0.2, 0) is 4.79 Å². The number of β-amino-alcohol motifs (C(OH)–C–C–N with tert-alkyl or cyclic N) is 1. The summed E-state index contributed by atoms with van der Waals surface area (Å²) in [5, 5.41) is 13.3. The maximum Gasteiger partial charge on any atom is 0.239 e. The van der Waals surface area contributed by atoms with Crippen molar-refractivity contribution in [1.29, 1.82) is 0 Å². The first-order chi connectivity index (χ1) is 10.1. The minimum atomic E-state index is -0.397. The molecule has 122 valence electrons. The maximum absolute atomic E-state index is 12.4. The molecule has 1 amide bonds. The first kappa shape index (κ1) is 17.3. The van der Waals surface area contributed by atoms with Crippen LogP contribution in [0.1, 0.15) is 6.42 Å². The van der Waals surface area contributed by atoms with E-state index in [2.05, 4.69) is 10.2 Å². The summed E-state index contributed by atoms with van der Waals surface area (Å²) >= 11 is 6.02. The number of hydrogen-bond acceptors (Lipinski definition) is 4. The van der Waals surface area contributed by atoms with Crippen molar-refractivity contribution < 1.29 is 9.90 Å². The van der Waals surface area contributed by atoms with E-state index in [0.29, 0.717) is 26.1 Å². The van der Waals surface area contributed by atoms with E-state index < -0.39 is 6.10 Å². The van der Waals surface area contributed by atoms with Crippen molar-refractivity contribution in [2.45, 2.75) is 18.6 Å². The second-order valence-electron chi connectivity index (χ2n) is 5.64. The van der Waals surface area contributed by atoms with Crippen molar-refractivity contribution in [2.24, 2.45) is 0 Å². The minimum absolute atomic E-state index is 0. The Hall–Kier alpha value is -1.01. The van der Waals surface area contributed by atoms with Crippen LogP contribution in [0.5, 0.6) is 0 Å². The second-order valence-corrected chi connectivity index (χ2v) is 6.08. The Labute approximate surface area is 141 Å². The Morgan fingerprint density at radius 1 is 1.27 bits per heavy atom. The Balaban J connectivity index is 0.00000176. The second kappa shape index (κ2) is 7.51. The third-order valence-electron chi connectivity index (χ3n) is 4.17. The van der Waals surface area contributed by atoms with Crippen LogP contribution in [0.4, 0.5) is 5.69 Å². The van der Waals surface area contributed by atoms with Gasteiger partial charge in [0, 0.05) is 43.4 Å². The zero-order chi connectivity index (χ0) is 14.8. The van der Waals surface area contributed by atoms with Crippen LogP contribution in [0.25, 0.3) is 0 Å². The largest absolute Gasteiger partial charge is 0.392 e. The molecule has 2 heterocycles. The summed E-state index contributed by atoms with van der Waals surface area (Å²) in [6.07, 6.45) is 0.125. The molecular weight excluding hydrogens is 325 g/mol. The van der Waals surface area contributed by atoms with E-state index in [-0.39, 0.29) is 24.4 Å². The molecule has 0 saturated carbocycles. The number of benzene rings is 1. The summed E-state index contributed by atoms with van der Waals surface area (Å²) in [5.74, 6) is 0.109. The summed E-state index contributed by atoms with van der Waals surface area (Å²) in [6, 6.07) is 7.57. The third-order valence-corrected chi connectivity index (χ3v) is 4.41. The normalized spacial score (nSPS) is 25.0. The molecule has 7 heteroatoms. The average Bonchev–Trinajstić information content (AvgIpc) is 2.93. The van der Waals surface area contributed by atoms with Gasteiger partial charge in [0.25, 0.3) is 0 Å². The maximum atomic E-state index is 12.4. The van der Waals surface area contributed by atoms with E-state index in [1.54, 1.807) is 0 Å². The molecule has 2 fully saturated rings. The molecule has 5 nitrogen and oxygen atoms in total. The molecule has 3 rings (SSSR count). The highest BCUT2D eigenvalue weighted by molar-refractivity contribution is 6.30. The van der Waals surface area contributed by atoms with Gasteiger partial charge in [-0.1, -0.05) is 17.7 Å². The summed E-state index contributed by atoms with van der Waals surface area (Å²) in [4.78, 5) is 16.5. The molecule has 2 N–H and O–H groups in total. The SMILES string of the molecule is Cl.O=C(C1CC(O)CN1)N1CCN(c2cccc(Cl)c2)CC1. The monoisotopic (exact) mass is 345 g/mol. The van der Waals surface area contributed by atoms with Gasteiger partial charge in [-0.05, 0) is 24.6 Å². The van der Waals surface area contributed by atoms with Gasteiger partial charge >= 0.3 is 0 Å². The van der Waals surface area contributed by atoms with E-state index in [1.807, 2.05) is 29.2 Å². The molecule has 2 aliphatic heterocycles. The van der Waals surface area contributed by atoms with Gasteiger partial charge in [0.1, 0.15) is 0 Å². The summed E-state index contributed by atoms with van der Waals surface area (Å²) in [5.41, 5.74) is 1.10. The number of piperazine rings is 1. The highest BCUT2D eigenvalue weighted by Gasteiger charge is 2.32. The molecule has 2 unspecified atom stereocenters. The van der Waals surface area contributed by atoms with Crippen LogP contribution >= 0.6 is 24.0 Å². The predicted octanol–water partition coefficient (Wildman–Crippen LogP) is 1.13. The summed E-state index contributed by atoms with van der Waals surface area (Å²) < 4.78 is 0. The first-order valence-corrected chi connectivity index (χ1v) is 7.72. The van der Waals surface area contributed by atoms with Gasteiger partial charge in [-0.2, -0.15) is 0 Å². The Morgan fingerprint density at radius 2 is 2.00 bits per heavy atom. The Kier molecular flexibility index (Phi) is 5.92. The third kappa shape index (κ3) is 3.84. The van der Waals surface area contributed by atoms with Crippen LogP contribution in [0, 0.1) is 0 Å². The van der Waals surface area contributed by atoms with E-state index >= 15 is 0 Å². The number of carbonyl (C=O) groups is 1. The number of aliphatic hydroxyl groups excluding tert-OH is 1. The van der Waals surface area contributed by atoms with Crippen molar-refractivity contribution in [3.8, 4) is 0 Å². The minimum Gasteiger partial charge on any atom is -0.392 e. The Bertz CT molecular complexity index is 521. The molecule has 0 aliphatic carbocycles. The summed E-state index contributed by atoms with van der Waals surface area (Å²) in [7, 11) is 0. The quantitative estimate of drug-likeness (QED) is 0.843. The van der Waals surface area contributed by atoms with Gasteiger partial charge in [-0.15, -0.1) is 12.4 Å². The van der Waals surface area contributed by atoms with Crippen LogP contribution in [-0.4, -0.2) is 60.8 Å². The number of nitrogens with zero attached hydrogens (tertiary/aromatic N) is 2. The fourth-order valence-corrected chi connectivity index (χ4v) is 3.17. The van der Waals surface area contributed by atoms with Crippen LogP contribution < -0.4 is 10.2 Å². The molecule has 2 saturated heterocycles. The van der Waals surface area contributed by atoms with Gasteiger partial charge < -0.3 is 20.2 Å². The number of rotatable bonds is 2. The lowest BCUT2D eigenvalue weighted by molar-refractivity contribution is -0.133. The molecule has 1 aromatic carbocycles. The molecular formula is C15H21Cl2N3O2. The van der Waals surface area contributed by atoms with Crippen molar-refractivity contribution in [3.05, 3.63) is 29.3 Å². The fraction of sp³-hybridized carbons (Fsp3) is 0.533. The van der Waals surface area contributed by atoms with E-state index in [4.69, 9.17) is 11.6 Å². The van der Waals surface area contributed by atoms with Crippen LogP contribution in [0.15, 0.2) is 24.3 Å². The molecule has 1 aromatic rings. The molecule has 0 aromatic heterocycles. The van der Waals surface area contributed by atoms with Gasteiger partial charge in [-0.3, -0.25) is 4.79 Å². The van der Waals surface area contributed by atoms with Gasteiger partial charge in [0.2, 0.25) is 5.91 Å².